The van der Waals surface area contributed by atoms with Gasteiger partial charge in [-0.3, -0.25) is 10.1 Å². The molecule has 2 aromatic heterocycles. The van der Waals surface area contributed by atoms with Crippen molar-refractivity contribution in [1.82, 2.24) is 19.9 Å². The highest BCUT2D eigenvalue weighted by Gasteiger charge is 2.33. The number of rotatable bonds is 7. The molecule has 0 aliphatic carbocycles. The van der Waals surface area contributed by atoms with Crippen LogP contribution in [-0.2, 0) is 10.9 Å². The molecule has 1 aromatic carbocycles. The minimum atomic E-state index is -4.75. The summed E-state index contributed by atoms with van der Waals surface area (Å²) >= 11 is 0. The van der Waals surface area contributed by atoms with Crippen LogP contribution in [0.4, 0.5) is 24.7 Å². The Hall–Kier alpha value is -3.81. The van der Waals surface area contributed by atoms with E-state index in [1.807, 2.05) is 0 Å². The number of benzene rings is 1. The van der Waals surface area contributed by atoms with Gasteiger partial charge in [-0.2, -0.15) is 18.2 Å². The van der Waals surface area contributed by atoms with Crippen LogP contribution in [-0.4, -0.2) is 51.3 Å². The molecule has 11 nitrogen and oxygen atoms in total. The fourth-order valence-corrected chi connectivity index (χ4v) is 3.54. The average molecular weight is 494 g/mol. The Balaban J connectivity index is 1.74. The third-order valence-electron chi connectivity index (χ3n) is 5.27. The van der Waals surface area contributed by atoms with Crippen molar-refractivity contribution in [3.05, 3.63) is 45.3 Å². The number of fused-ring (bicyclic) bond motifs is 1. The van der Waals surface area contributed by atoms with Crippen LogP contribution in [0.2, 0.25) is 0 Å². The second kappa shape index (κ2) is 9.44. The van der Waals surface area contributed by atoms with Crippen LogP contribution in [0.3, 0.4) is 0 Å². The first-order valence-electron chi connectivity index (χ1n) is 10.5. The number of anilines is 1. The zero-order valence-corrected chi connectivity index (χ0v) is 18.9. The highest BCUT2D eigenvalue weighted by molar-refractivity contribution is 5.83. The van der Waals surface area contributed by atoms with Crippen molar-refractivity contribution in [2.45, 2.75) is 38.6 Å². The van der Waals surface area contributed by atoms with Crippen LogP contribution in [0.15, 0.2) is 18.2 Å². The molecule has 4 rings (SSSR count). The van der Waals surface area contributed by atoms with Crippen molar-refractivity contribution in [2.75, 3.05) is 25.6 Å². The molecule has 1 fully saturated rings. The molecular weight excluding hydrogens is 473 g/mol. The highest BCUT2D eigenvalue weighted by atomic mass is 19.4. The largest absolute Gasteiger partial charge is 0.477 e. The zero-order valence-electron chi connectivity index (χ0n) is 18.9. The normalized spacial score (nSPS) is 16.8. The quantitative estimate of drug-likeness (QED) is 0.379. The number of halogens is 3. The molecule has 1 saturated heterocycles. The van der Waals surface area contributed by atoms with Gasteiger partial charge >= 0.3 is 6.18 Å². The van der Waals surface area contributed by atoms with E-state index < -0.39 is 28.4 Å². The first kappa shape index (κ1) is 24.3. The van der Waals surface area contributed by atoms with Crippen molar-refractivity contribution in [3.63, 3.8) is 0 Å². The number of non-ortho nitro benzene ring substituents is 1. The van der Waals surface area contributed by atoms with Gasteiger partial charge in [-0.1, -0.05) is 0 Å². The lowest BCUT2D eigenvalue weighted by molar-refractivity contribution is -0.385. The summed E-state index contributed by atoms with van der Waals surface area (Å²) in [6.45, 7) is 4.08. The first-order chi connectivity index (χ1) is 16.5. The number of nitro benzene ring substituents is 1. The molecule has 1 aliphatic rings. The standard InChI is InChI=1S/C21H21F3N6O5/c1-10(12-6-13(21(22,23)24)8-14(7-12)30(31)32)25-17-16-18(27-11(2)26-17)29-19(33-3)20(28-16)35-15-4-5-34-9-15/h6-8,10,15H,4-5,9H2,1-3H3,(H,25,26,27,29)/t10-,15+/m1/s1. The third kappa shape index (κ3) is 5.31. The molecule has 3 heterocycles. The molecule has 1 aliphatic heterocycles. The predicted molar refractivity (Wildman–Crippen MR) is 116 cm³/mol. The summed E-state index contributed by atoms with van der Waals surface area (Å²) < 4.78 is 56.5. The third-order valence-corrected chi connectivity index (χ3v) is 5.27. The highest BCUT2D eigenvalue weighted by Crippen LogP contribution is 2.35. The maximum absolute atomic E-state index is 13.3. The molecule has 186 valence electrons. The van der Waals surface area contributed by atoms with Gasteiger partial charge in [-0.05, 0) is 25.5 Å². The Bertz CT molecular complexity index is 1270. The van der Waals surface area contributed by atoms with Crippen LogP contribution < -0.4 is 14.8 Å². The molecule has 14 heteroatoms. The first-order valence-corrected chi connectivity index (χ1v) is 10.5. The van der Waals surface area contributed by atoms with E-state index in [4.69, 9.17) is 14.2 Å². The maximum atomic E-state index is 13.3. The molecule has 0 spiro atoms. The minimum Gasteiger partial charge on any atom is -0.477 e. The Morgan fingerprint density at radius 3 is 2.60 bits per heavy atom. The lowest BCUT2D eigenvalue weighted by Crippen LogP contribution is -2.18. The summed E-state index contributed by atoms with van der Waals surface area (Å²) in [5, 5.41) is 14.2. The van der Waals surface area contributed by atoms with Gasteiger partial charge in [-0.15, -0.1) is 0 Å². The molecule has 0 amide bonds. The number of nitrogens with one attached hydrogen (secondary N) is 1. The smallest absolute Gasteiger partial charge is 0.416 e. The number of nitrogens with zero attached hydrogens (tertiary/aromatic N) is 5. The van der Waals surface area contributed by atoms with Crippen molar-refractivity contribution in [1.29, 1.82) is 0 Å². The SMILES string of the molecule is COc1nc2nc(C)nc(N[C@H](C)c3cc([N+](=O)[O-])cc(C(F)(F)F)c3)c2nc1O[C@H]1CCOC1. The summed E-state index contributed by atoms with van der Waals surface area (Å²) in [6.07, 6.45) is -4.34. The molecule has 35 heavy (non-hydrogen) atoms. The van der Waals surface area contributed by atoms with Crippen LogP contribution in [0.25, 0.3) is 11.2 Å². The molecular formula is C21H21F3N6O5. The summed E-state index contributed by atoms with van der Waals surface area (Å²) in [5.41, 5.74) is -1.39. The van der Waals surface area contributed by atoms with E-state index >= 15 is 0 Å². The lowest BCUT2D eigenvalue weighted by Gasteiger charge is -2.19. The molecule has 1 N–H and O–H groups in total. The number of nitro groups is 1. The van der Waals surface area contributed by atoms with Gasteiger partial charge in [-0.25, -0.2) is 15.0 Å². The molecule has 0 unspecified atom stereocenters. The van der Waals surface area contributed by atoms with E-state index in [1.54, 1.807) is 13.8 Å². The minimum absolute atomic E-state index is 0.0389. The van der Waals surface area contributed by atoms with Crippen LogP contribution in [0.5, 0.6) is 11.8 Å². The van der Waals surface area contributed by atoms with E-state index in [0.29, 0.717) is 31.5 Å². The van der Waals surface area contributed by atoms with Crippen LogP contribution >= 0.6 is 0 Å². The van der Waals surface area contributed by atoms with Crippen molar-refractivity contribution in [3.8, 4) is 11.8 Å². The molecule has 2 atom stereocenters. The molecule has 0 radical (unpaired) electrons. The summed E-state index contributed by atoms with van der Waals surface area (Å²) in [5.74, 6) is 0.683. The maximum Gasteiger partial charge on any atom is 0.416 e. The van der Waals surface area contributed by atoms with E-state index in [1.165, 1.54) is 7.11 Å². The molecule has 0 bridgehead atoms. The van der Waals surface area contributed by atoms with Gasteiger partial charge in [0.25, 0.3) is 17.4 Å². The number of hydrogen-bond donors (Lipinski definition) is 1. The van der Waals surface area contributed by atoms with Crippen molar-refractivity contribution < 1.29 is 32.3 Å². The number of aryl methyl sites for hydroxylation is 1. The van der Waals surface area contributed by atoms with Crippen molar-refractivity contribution in [2.24, 2.45) is 0 Å². The van der Waals surface area contributed by atoms with Gasteiger partial charge in [0.05, 0.1) is 36.9 Å². The number of methoxy groups -OCH3 is 1. The Kier molecular flexibility index (Phi) is 6.56. The number of alkyl halides is 3. The van der Waals surface area contributed by atoms with Crippen LogP contribution in [0.1, 0.15) is 36.3 Å². The van der Waals surface area contributed by atoms with Gasteiger partial charge in [0.15, 0.2) is 17.0 Å². The number of aromatic nitrogens is 4. The van der Waals surface area contributed by atoms with E-state index in [2.05, 4.69) is 25.3 Å². The molecule has 3 aromatic rings. The van der Waals surface area contributed by atoms with Gasteiger partial charge < -0.3 is 19.5 Å². The number of ether oxygens (including phenoxy) is 3. The fourth-order valence-electron chi connectivity index (χ4n) is 3.54. The summed E-state index contributed by atoms with van der Waals surface area (Å²) in [4.78, 5) is 27.7. The topological polar surface area (TPSA) is 134 Å². The van der Waals surface area contributed by atoms with Crippen LogP contribution in [0, 0.1) is 17.0 Å². The predicted octanol–water partition coefficient (Wildman–Crippen LogP) is 4.00. The molecule has 0 saturated carbocycles. The Labute approximate surface area is 196 Å². The second-order valence-electron chi connectivity index (χ2n) is 7.87. The zero-order chi connectivity index (χ0) is 25.3. The van der Waals surface area contributed by atoms with Gasteiger partial charge in [0.2, 0.25) is 0 Å². The van der Waals surface area contributed by atoms with Gasteiger partial charge in [0, 0.05) is 18.6 Å². The second-order valence-corrected chi connectivity index (χ2v) is 7.87. The van der Waals surface area contributed by atoms with E-state index in [-0.39, 0.29) is 40.4 Å². The van der Waals surface area contributed by atoms with Crippen molar-refractivity contribution >= 4 is 22.7 Å². The Morgan fingerprint density at radius 2 is 1.97 bits per heavy atom. The van der Waals surface area contributed by atoms with Gasteiger partial charge in [0.1, 0.15) is 11.9 Å². The summed E-state index contributed by atoms with van der Waals surface area (Å²) in [7, 11) is 1.41. The Morgan fingerprint density at radius 1 is 1.20 bits per heavy atom. The van der Waals surface area contributed by atoms with E-state index in [9.17, 15) is 23.3 Å². The fraction of sp³-hybridized carbons (Fsp3) is 0.429. The lowest BCUT2D eigenvalue weighted by atomic mass is 10.0. The van der Waals surface area contributed by atoms with E-state index in [0.717, 1.165) is 12.1 Å². The number of hydrogen-bond acceptors (Lipinski definition) is 10. The monoisotopic (exact) mass is 494 g/mol. The average Bonchev–Trinajstić information content (AvgIpc) is 3.31. The summed E-state index contributed by atoms with van der Waals surface area (Å²) in [6, 6.07) is 1.61.